The van der Waals surface area contributed by atoms with Crippen molar-refractivity contribution in [1.82, 2.24) is 4.90 Å². The van der Waals surface area contributed by atoms with Crippen molar-refractivity contribution < 1.29 is 4.39 Å². The zero-order valence-electron chi connectivity index (χ0n) is 7.22. The summed E-state index contributed by atoms with van der Waals surface area (Å²) in [5.41, 5.74) is 0.129. The van der Waals surface area contributed by atoms with Crippen molar-refractivity contribution in [3.63, 3.8) is 0 Å². The number of alkyl halides is 1. The zero-order valence-corrected chi connectivity index (χ0v) is 7.22. The van der Waals surface area contributed by atoms with Crippen LogP contribution in [0.2, 0.25) is 0 Å². The molecule has 0 aromatic rings. The molecule has 2 fully saturated rings. The number of halogens is 1. The molecule has 1 unspecified atom stereocenters. The Morgan fingerprint density at radius 3 is 2.75 bits per heavy atom. The Bertz CT molecular complexity index is 214. The average Bonchev–Trinajstić information content (AvgIpc) is 2.71. The molecule has 0 bridgehead atoms. The molecule has 2 rings (SSSR count). The quantitative estimate of drug-likeness (QED) is 0.562. The Balaban J connectivity index is 1.85. The molecule has 0 spiro atoms. The van der Waals surface area contributed by atoms with Crippen LogP contribution in [0.4, 0.5) is 4.39 Å². The Hall–Kier alpha value is -0.550. The predicted octanol–water partition coefficient (Wildman–Crippen LogP) is 1.44. The van der Waals surface area contributed by atoms with E-state index in [4.69, 9.17) is 6.42 Å². The topological polar surface area (TPSA) is 3.24 Å². The summed E-state index contributed by atoms with van der Waals surface area (Å²) in [4.78, 5) is 2.16. The maximum Gasteiger partial charge on any atom is 0.114 e. The van der Waals surface area contributed by atoms with Crippen LogP contribution in [0.5, 0.6) is 0 Å². The second-order valence-corrected chi connectivity index (χ2v) is 4.05. The summed E-state index contributed by atoms with van der Waals surface area (Å²) in [5.74, 6) is 2.83. The normalized spacial score (nSPS) is 33.2. The van der Waals surface area contributed by atoms with Crippen molar-refractivity contribution in [1.29, 1.82) is 0 Å². The lowest BCUT2D eigenvalue weighted by Crippen LogP contribution is -2.28. The zero-order chi connectivity index (χ0) is 8.60. The molecule has 66 valence electrons. The monoisotopic (exact) mass is 167 g/mol. The van der Waals surface area contributed by atoms with E-state index in [1.807, 2.05) is 0 Å². The minimum absolute atomic E-state index is 0.129. The lowest BCUT2D eigenvalue weighted by Gasteiger charge is -2.18. The summed E-state index contributed by atoms with van der Waals surface area (Å²) in [5, 5.41) is 0. The molecule has 0 amide bonds. The lowest BCUT2D eigenvalue weighted by atomic mass is 10.1. The summed E-state index contributed by atoms with van der Waals surface area (Å²) in [6.07, 6.45) is 7.77. The minimum atomic E-state index is -0.612. The lowest BCUT2D eigenvalue weighted by molar-refractivity contribution is 0.264. The molecule has 0 radical (unpaired) electrons. The highest BCUT2D eigenvalue weighted by Crippen LogP contribution is 2.45. The minimum Gasteiger partial charge on any atom is -0.299 e. The fourth-order valence-corrected chi connectivity index (χ4v) is 1.86. The van der Waals surface area contributed by atoms with Crippen LogP contribution < -0.4 is 0 Å². The van der Waals surface area contributed by atoms with Crippen molar-refractivity contribution >= 4 is 0 Å². The predicted molar refractivity (Wildman–Crippen MR) is 46.5 cm³/mol. The largest absolute Gasteiger partial charge is 0.299 e. The van der Waals surface area contributed by atoms with Crippen LogP contribution in [0.3, 0.4) is 0 Å². The number of rotatable bonds is 2. The molecule has 1 nitrogen and oxygen atoms in total. The third-order valence-electron chi connectivity index (χ3n) is 2.90. The number of hydrogen-bond acceptors (Lipinski definition) is 1. The van der Waals surface area contributed by atoms with Crippen molar-refractivity contribution in [2.45, 2.75) is 25.4 Å². The van der Waals surface area contributed by atoms with Crippen LogP contribution in [0, 0.1) is 17.8 Å². The molecule has 0 aromatic carbocycles. The van der Waals surface area contributed by atoms with Gasteiger partial charge in [0, 0.05) is 25.0 Å². The molecule has 1 heterocycles. The van der Waals surface area contributed by atoms with Gasteiger partial charge in [-0.05, 0) is 19.3 Å². The summed E-state index contributed by atoms with van der Waals surface area (Å²) in [7, 11) is 0. The Morgan fingerprint density at radius 1 is 1.58 bits per heavy atom. The van der Waals surface area contributed by atoms with E-state index in [0.29, 0.717) is 13.0 Å². The first-order valence-electron chi connectivity index (χ1n) is 4.58. The maximum absolute atomic E-state index is 12.8. The number of nitrogens with zero attached hydrogens (tertiary/aromatic N) is 1. The van der Waals surface area contributed by atoms with Crippen molar-refractivity contribution in [3.8, 4) is 12.3 Å². The SMILES string of the molecule is C#CC1(CN2CCC(F)C2)CC1. The third-order valence-corrected chi connectivity index (χ3v) is 2.90. The van der Waals surface area contributed by atoms with Gasteiger partial charge in [-0.25, -0.2) is 4.39 Å². The molecule has 0 N–H and O–H groups in total. The average molecular weight is 167 g/mol. The fraction of sp³-hybridized carbons (Fsp3) is 0.800. The van der Waals surface area contributed by atoms with E-state index in [1.54, 1.807) is 0 Å². The van der Waals surface area contributed by atoms with Gasteiger partial charge in [-0.1, -0.05) is 5.92 Å². The molecular formula is C10H14FN. The van der Waals surface area contributed by atoms with Gasteiger partial charge in [-0.3, -0.25) is 4.90 Å². The molecular weight excluding hydrogens is 153 g/mol. The van der Waals surface area contributed by atoms with Gasteiger partial charge < -0.3 is 0 Å². The molecule has 1 saturated heterocycles. The van der Waals surface area contributed by atoms with Crippen LogP contribution in [0.1, 0.15) is 19.3 Å². The molecule has 12 heavy (non-hydrogen) atoms. The van der Waals surface area contributed by atoms with Gasteiger partial charge in [-0.2, -0.15) is 0 Å². The Labute approximate surface area is 72.9 Å². The summed E-state index contributed by atoms with van der Waals surface area (Å²) in [6, 6.07) is 0. The van der Waals surface area contributed by atoms with Crippen LogP contribution in [0.15, 0.2) is 0 Å². The molecule has 1 saturated carbocycles. The standard InChI is InChI=1S/C10H14FN/c1-2-10(4-5-10)8-12-6-3-9(11)7-12/h1,9H,3-8H2. The van der Waals surface area contributed by atoms with E-state index in [-0.39, 0.29) is 5.41 Å². The van der Waals surface area contributed by atoms with E-state index in [0.717, 1.165) is 25.9 Å². The molecule has 2 aliphatic rings. The summed E-state index contributed by atoms with van der Waals surface area (Å²) >= 11 is 0. The van der Waals surface area contributed by atoms with Gasteiger partial charge in [0.25, 0.3) is 0 Å². The van der Waals surface area contributed by atoms with Gasteiger partial charge in [0.15, 0.2) is 0 Å². The smallest absolute Gasteiger partial charge is 0.114 e. The van der Waals surface area contributed by atoms with Gasteiger partial charge in [-0.15, -0.1) is 6.42 Å². The summed E-state index contributed by atoms with van der Waals surface area (Å²) < 4.78 is 12.8. The Kier molecular flexibility index (Phi) is 1.84. The molecule has 0 aromatic heterocycles. The summed E-state index contributed by atoms with van der Waals surface area (Å²) in [6.45, 7) is 2.41. The highest BCUT2D eigenvalue weighted by Gasteiger charge is 2.43. The van der Waals surface area contributed by atoms with E-state index in [1.165, 1.54) is 0 Å². The van der Waals surface area contributed by atoms with Crippen molar-refractivity contribution in [3.05, 3.63) is 0 Å². The van der Waals surface area contributed by atoms with E-state index < -0.39 is 6.17 Å². The first-order chi connectivity index (χ1) is 5.74. The number of terminal acetylenes is 1. The van der Waals surface area contributed by atoms with Crippen LogP contribution in [-0.2, 0) is 0 Å². The van der Waals surface area contributed by atoms with E-state index >= 15 is 0 Å². The third kappa shape index (κ3) is 1.47. The van der Waals surface area contributed by atoms with Crippen LogP contribution in [-0.4, -0.2) is 30.7 Å². The van der Waals surface area contributed by atoms with Gasteiger partial charge >= 0.3 is 0 Å². The van der Waals surface area contributed by atoms with Crippen molar-refractivity contribution in [2.24, 2.45) is 5.41 Å². The van der Waals surface area contributed by atoms with Crippen molar-refractivity contribution in [2.75, 3.05) is 19.6 Å². The van der Waals surface area contributed by atoms with Crippen LogP contribution >= 0.6 is 0 Å². The highest BCUT2D eigenvalue weighted by molar-refractivity contribution is 5.16. The first-order valence-corrected chi connectivity index (χ1v) is 4.58. The molecule has 1 aliphatic heterocycles. The molecule has 1 atom stereocenters. The van der Waals surface area contributed by atoms with Gasteiger partial charge in [0.05, 0.1) is 0 Å². The van der Waals surface area contributed by atoms with Gasteiger partial charge in [0.1, 0.15) is 6.17 Å². The number of hydrogen-bond donors (Lipinski definition) is 0. The highest BCUT2D eigenvalue weighted by atomic mass is 19.1. The number of likely N-dealkylation sites (tertiary alicyclic amines) is 1. The molecule has 2 heteroatoms. The second kappa shape index (κ2) is 2.74. The fourth-order valence-electron chi connectivity index (χ4n) is 1.86. The van der Waals surface area contributed by atoms with E-state index in [2.05, 4.69) is 10.8 Å². The molecule has 1 aliphatic carbocycles. The Morgan fingerprint density at radius 2 is 2.33 bits per heavy atom. The van der Waals surface area contributed by atoms with Crippen LogP contribution in [0.25, 0.3) is 0 Å². The maximum atomic E-state index is 12.8. The van der Waals surface area contributed by atoms with E-state index in [9.17, 15) is 4.39 Å². The first kappa shape index (κ1) is 8.07. The van der Waals surface area contributed by atoms with Gasteiger partial charge in [0.2, 0.25) is 0 Å². The second-order valence-electron chi connectivity index (χ2n) is 4.05.